The second kappa shape index (κ2) is 11.2. The molecule has 172 valence electrons. The number of ether oxygens (including phenoxy) is 1. The van der Waals surface area contributed by atoms with Gasteiger partial charge in [0.15, 0.2) is 0 Å². The number of nitrogens with one attached hydrogen (secondary N) is 2. The summed E-state index contributed by atoms with van der Waals surface area (Å²) in [5.74, 6) is 0.123. The van der Waals surface area contributed by atoms with E-state index in [0.29, 0.717) is 39.3 Å². The number of amides is 2. The quantitative estimate of drug-likeness (QED) is 0.428. The lowest BCUT2D eigenvalue weighted by Gasteiger charge is -2.24. The fraction of sp³-hybridized carbons (Fsp3) is 0.200. The van der Waals surface area contributed by atoms with Gasteiger partial charge in [0.2, 0.25) is 5.91 Å². The van der Waals surface area contributed by atoms with Crippen molar-refractivity contribution in [3.63, 3.8) is 0 Å². The van der Waals surface area contributed by atoms with Crippen molar-refractivity contribution in [3.8, 4) is 5.75 Å². The van der Waals surface area contributed by atoms with Crippen LogP contribution in [0.5, 0.6) is 5.75 Å². The monoisotopic (exact) mass is 485 g/mol. The molecule has 3 aromatic rings. The number of methoxy groups -OCH3 is 1. The molecule has 0 spiro atoms. The molecule has 3 aromatic carbocycles. The zero-order chi connectivity index (χ0) is 24.0. The van der Waals surface area contributed by atoms with Crippen LogP contribution >= 0.6 is 23.2 Å². The summed E-state index contributed by atoms with van der Waals surface area (Å²) in [5.41, 5.74) is 2.48. The summed E-state index contributed by atoms with van der Waals surface area (Å²) in [6.45, 7) is 2.28. The first-order valence-corrected chi connectivity index (χ1v) is 11.0. The van der Waals surface area contributed by atoms with Gasteiger partial charge in [-0.1, -0.05) is 47.5 Å². The van der Waals surface area contributed by atoms with Crippen molar-refractivity contribution in [1.82, 2.24) is 4.90 Å². The van der Waals surface area contributed by atoms with Crippen molar-refractivity contribution >= 4 is 46.4 Å². The predicted octanol–water partition coefficient (Wildman–Crippen LogP) is 5.71. The van der Waals surface area contributed by atoms with Gasteiger partial charge in [-0.2, -0.15) is 0 Å². The van der Waals surface area contributed by atoms with Gasteiger partial charge in [0.1, 0.15) is 5.75 Å². The largest absolute Gasteiger partial charge is 0.495 e. The van der Waals surface area contributed by atoms with Gasteiger partial charge in [0.25, 0.3) is 5.91 Å². The van der Waals surface area contributed by atoms with Gasteiger partial charge >= 0.3 is 0 Å². The predicted molar refractivity (Wildman–Crippen MR) is 133 cm³/mol. The number of nitrogens with zero attached hydrogens (tertiary/aromatic N) is 1. The zero-order valence-corrected chi connectivity index (χ0v) is 20.1. The standard InChI is InChI=1S/C25H25Cl2N3O3/c1-16(30(2)15-18-7-6-8-20(26)23(18)27)24(31)28-19-13-11-17(12-14-19)25(32)29-21-9-4-5-10-22(21)33-3/h4-14,16H,15H2,1-3H3,(H,28,31)(H,29,32)/t16-/m1/s1. The number of hydrogen-bond donors (Lipinski definition) is 2. The smallest absolute Gasteiger partial charge is 0.255 e. The number of halogens is 2. The zero-order valence-electron chi connectivity index (χ0n) is 18.6. The highest BCUT2D eigenvalue weighted by Gasteiger charge is 2.20. The van der Waals surface area contributed by atoms with Gasteiger partial charge in [-0.05, 0) is 62.0 Å². The molecule has 0 heterocycles. The minimum absolute atomic E-state index is 0.179. The van der Waals surface area contributed by atoms with Crippen LogP contribution in [0.15, 0.2) is 66.7 Å². The first-order valence-electron chi connectivity index (χ1n) is 10.3. The first-order chi connectivity index (χ1) is 15.8. The Morgan fingerprint density at radius 2 is 1.67 bits per heavy atom. The van der Waals surface area contributed by atoms with E-state index in [1.54, 1.807) is 49.6 Å². The fourth-order valence-corrected chi connectivity index (χ4v) is 3.55. The van der Waals surface area contributed by atoms with E-state index < -0.39 is 6.04 Å². The number of rotatable bonds is 8. The van der Waals surface area contributed by atoms with Gasteiger partial charge in [0, 0.05) is 17.8 Å². The van der Waals surface area contributed by atoms with Crippen LogP contribution in [0.4, 0.5) is 11.4 Å². The molecular weight excluding hydrogens is 461 g/mol. The number of hydrogen-bond acceptors (Lipinski definition) is 4. The van der Waals surface area contributed by atoms with E-state index >= 15 is 0 Å². The van der Waals surface area contributed by atoms with Crippen molar-refractivity contribution in [3.05, 3.63) is 87.9 Å². The van der Waals surface area contributed by atoms with E-state index in [-0.39, 0.29) is 11.8 Å². The molecule has 2 amide bonds. The lowest BCUT2D eigenvalue weighted by atomic mass is 10.1. The highest BCUT2D eigenvalue weighted by molar-refractivity contribution is 6.42. The Balaban J connectivity index is 1.60. The summed E-state index contributed by atoms with van der Waals surface area (Å²) >= 11 is 12.3. The van der Waals surface area contributed by atoms with Crippen LogP contribution in [-0.4, -0.2) is 36.9 Å². The van der Waals surface area contributed by atoms with Crippen LogP contribution in [0.2, 0.25) is 10.0 Å². The minimum atomic E-state index is -0.423. The molecule has 1 atom stereocenters. The normalized spacial score (nSPS) is 11.7. The van der Waals surface area contributed by atoms with Gasteiger partial charge in [-0.25, -0.2) is 0 Å². The second-order valence-corrected chi connectivity index (χ2v) is 8.31. The molecule has 6 nitrogen and oxygen atoms in total. The number of para-hydroxylation sites is 2. The molecule has 0 fully saturated rings. The molecule has 8 heteroatoms. The molecular formula is C25H25Cl2N3O3. The number of carbonyl (C=O) groups is 2. The van der Waals surface area contributed by atoms with Gasteiger partial charge in [0.05, 0.1) is 28.9 Å². The van der Waals surface area contributed by atoms with E-state index in [9.17, 15) is 9.59 Å². The molecule has 0 radical (unpaired) electrons. The van der Waals surface area contributed by atoms with Crippen molar-refractivity contribution < 1.29 is 14.3 Å². The van der Waals surface area contributed by atoms with Crippen molar-refractivity contribution in [2.75, 3.05) is 24.8 Å². The summed E-state index contributed by atoms with van der Waals surface area (Å²) in [7, 11) is 3.39. The highest BCUT2D eigenvalue weighted by atomic mass is 35.5. The number of carbonyl (C=O) groups excluding carboxylic acids is 2. The maximum atomic E-state index is 12.7. The Kier molecular flexibility index (Phi) is 8.33. The Bertz CT molecular complexity index is 1140. The SMILES string of the molecule is COc1ccccc1NC(=O)c1ccc(NC(=O)[C@@H](C)N(C)Cc2cccc(Cl)c2Cl)cc1. The third-order valence-electron chi connectivity index (χ3n) is 5.26. The van der Waals surface area contributed by atoms with Crippen LogP contribution in [-0.2, 0) is 11.3 Å². The average molecular weight is 486 g/mol. The van der Waals surface area contributed by atoms with Crippen molar-refractivity contribution in [2.45, 2.75) is 19.5 Å². The summed E-state index contributed by atoms with van der Waals surface area (Å²) < 4.78 is 5.26. The number of anilines is 2. The molecule has 0 aliphatic heterocycles. The highest BCUT2D eigenvalue weighted by Crippen LogP contribution is 2.27. The Morgan fingerprint density at radius 1 is 0.970 bits per heavy atom. The first kappa shape index (κ1) is 24.6. The van der Waals surface area contributed by atoms with Gasteiger partial charge in [-0.15, -0.1) is 0 Å². The van der Waals surface area contributed by atoms with E-state index in [2.05, 4.69) is 10.6 Å². The molecule has 0 aromatic heterocycles. The minimum Gasteiger partial charge on any atom is -0.495 e. The molecule has 2 N–H and O–H groups in total. The summed E-state index contributed by atoms with van der Waals surface area (Å²) in [5, 5.41) is 6.67. The molecule has 0 unspecified atom stereocenters. The summed E-state index contributed by atoms with van der Waals surface area (Å²) in [6.07, 6.45) is 0. The number of likely N-dealkylation sites (N-methyl/N-ethyl adjacent to an activating group) is 1. The van der Waals surface area contributed by atoms with Gasteiger partial charge in [-0.3, -0.25) is 14.5 Å². The lowest BCUT2D eigenvalue weighted by Crippen LogP contribution is -2.39. The maximum Gasteiger partial charge on any atom is 0.255 e. The summed E-state index contributed by atoms with van der Waals surface area (Å²) in [4.78, 5) is 27.2. The van der Waals surface area contributed by atoms with Crippen LogP contribution in [0.1, 0.15) is 22.8 Å². The van der Waals surface area contributed by atoms with E-state index in [0.717, 1.165) is 5.56 Å². The molecule has 33 heavy (non-hydrogen) atoms. The van der Waals surface area contributed by atoms with Gasteiger partial charge < -0.3 is 15.4 Å². The molecule has 0 saturated carbocycles. The van der Waals surface area contributed by atoms with Crippen LogP contribution in [0, 0.1) is 0 Å². The topological polar surface area (TPSA) is 70.7 Å². The summed E-state index contributed by atoms with van der Waals surface area (Å²) in [6, 6.07) is 18.9. The molecule has 0 aliphatic carbocycles. The van der Waals surface area contributed by atoms with Crippen LogP contribution in [0.25, 0.3) is 0 Å². The van der Waals surface area contributed by atoms with Crippen LogP contribution in [0.3, 0.4) is 0 Å². The second-order valence-electron chi connectivity index (χ2n) is 7.53. The number of benzene rings is 3. The van der Waals surface area contributed by atoms with Crippen LogP contribution < -0.4 is 15.4 Å². The third-order valence-corrected chi connectivity index (χ3v) is 6.12. The molecule has 0 aliphatic rings. The molecule has 0 bridgehead atoms. The Morgan fingerprint density at radius 3 is 2.36 bits per heavy atom. The van der Waals surface area contributed by atoms with E-state index in [1.165, 1.54) is 0 Å². The molecule has 0 saturated heterocycles. The Labute approximate surface area is 203 Å². The fourth-order valence-electron chi connectivity index (χ4n) is 3.17. The average Bonchev–Trinajstić information content (AvgIpc) is 2.82. The molecule has 3 rings (SSSR count). The van der Waals surface area contributed by atoms with E-state index in [1.807, 2.05) is 43.1 Å². The van der Waals surface area contributed by atoms with Crippen molar-refractivity contribution in [2.24, 2.45) is 0 Å². The third kappa shape index (κ3) is 6.26. The van der Waals surface area contributed by atoms with E-state index in [4.69, 9.17) is 27.9 Å². The van der Waals surface area contributed by atoms with Crippen molar-refractivity contribution in [1.29, 1.82) is 0 Å². The lowest BCUT2D eigenvalue weighted by molar-refractivity contribution is -0.120. The maximum absolute atomic E-state index is 12.7. The Hall–Kier alpha value is -3.06.